The molecule has 0 bridgehead atoms. The summed E-state index contributed by atoms with van der Waals surface area (Å²) >= 11 is 6.23. The zero-order chi connectivity index (χ0) is 13.4. The minimum Gasteiger partial charge on any atom is -0.312 e. The quantitative estimate of drug-likeness (QED) is 0.913. The van der Waals surface area contributed by atoms with Gasteiger partial charge in [-0.1, -0.05) is 24.6 Å². The Bertz CT molecular complexity index is 616. The van der Waals surface area contributed by atoms with Crippen molar-refractivity contribution in [2.75, 3.05) is 6.54 Å². The van der Waals surface area contributed by atoms with Gasteiger partial charge in [0, 0.05) is 30.1 Å². The van der Waals surface area contributed by atoms with Gasteiger partial charge in [0.2, 0.25) is 0 Å². The molecule has 1 N–H and O–H groups in total. The van der Waals surface area contributed by atoms with Crippen molar-refractivity contribution >= 4 is 11.6 Å². The first-order valence-corrected chi connectivity index (χ1v) is 7.16. The molecule has 4 heteroatoms. The average Bonchev–Trinajstić information content (AvgIpc) is 2.81. The van der Waals surface area contributed by atoms with E-state index in [9.17, 15) is 0 Å². The SMILES string of the molecule is CCc1nn(-c2cccc(Cl)c2C)c2c1CNCC2. The van der Waals surface area contributed by atoms with Gasteiger partial charge in [0.05, 0.1) is 17.1 Å². The molecule has 0 atom stereocenters. The lowest BCUT2D eigenvalue weighted by atomic mass is 10.1. The van der Waals surface area contributed by atoms with E-state index in [4.69, 9.17) is 16.7 Å². The Balaban J connectivity index is 2.20. The van der Waals surface area contributed by atoms with Gasteiger partial charge in [0.25, 0.3) is 0 Å². The molecule has 3 rings (SSSR count). The Morgan fingerprint density at radius 3 is 3.05 bits per heavy atom. The maximum absolute atomic E-state index is 6.23. The highest BCUT2D eigenvalue weighted by molar-refractivity contribution is 6.31. The molecule has 1 aliphatic rings. The summed E-state index contributed by atoms with van der Waals surface area (Å²) in [4.78, 5) is 0. The summed E-state index contributed by atoms with van der Waals surface area (Å²) in [5.74, 6) is 0. The fourth-order valence-electron chi connectivity index (χ4n) is 2.73. The summed E-state index contributed by atoms with van der Waals surface area (Å²) in [6, 6.07) is 6.01. The molecule has 0 saturated heterocycles. The Morgan fingerprint density at radius 2 is 2.26 bits per heavy atom. The van der Waals surface area contributed by atoms with E-state index in [2.05, 4.69) is 29.9 Å². The van der Waals surface area contributed by atoms with Gasteiger partial charge in [-0.25, -0.2) is 4.68 Å². The molecule has 0 radical (unpaired) electrons. The standard InChI is InChI=1S/C15H18ClN3/c1-3-13-11-9-17-8-7-15(11)19(18-13)14-6-4-5-12(16)10(14)2/h4-6,17H,3,7-9H2,1-2H3. The van der Waals surface area contributed by atoms with E-state index < -0.39 is 0 Å². The highest BCUT2D eigenvalue weighted by atomic mass is 35.5. The van der Waals surface area contributed by atoms with E-state index in [1.807, 2.05) is 12.1 Å². The van der Waals surface area contributed by atoms with Crippen LogP contribution in [0.15, 0.2) is 18.2 Å². The fraction of sp³-hybridized carbons (Fsp3) is 0.400. The number of aromatic nitrogens is 2. The molecule has 1 aromatic heterocycles. The van der Waals surface area contributed by atoms with Crippen LogP contribution in [0.3, 0.4) is 0 Å². The number of benzene rings is 1. The number of fused-ring (bicyclic) bond motifs is 1. The second-order valence-corrected chi connectivity index (χ2v) is 5.36. The monoisotopic (exact) mass is 275 g/mol. The van der Waals surface area contributed by atoms with Crippen LogP contribution in [-0.2, 0) is 19.4 Å². The van der Waals surface area contributed by atoms with Gasteiger partial charge in [0.1, 0.15) is 0 Å². The van der Waals surface area contributed by atoms with Crippen molar-refractivity contribution in [2.24, 2.45) is 0 Å². The number of nitrogens with zero attached hydrogens (tertiary/aromatic N) is 2. The van der Waals surface area contributed by atoms with Crippen LogP contribution in [0.2, 0.25) is 5.02 Å². The Labute approximate surface area is 118 Å². The molecule has 0 fully saturated rings. The number of nitrogens with one attached hydrogen (secondary N) is 1. The first kappa shape index (κ1) is 12.7. The molecular formula is C15H18ClN3. The molecule has 3 nitrogen and oxygen atoms in total. The van der Waals surface area contributed by atoms with E-state index in [1.54, 1.807) is 0 Å². The molecular weight excluding hydrogens is 258 g/mol. The van der Waals surface area contributed by atoms with E-state index in [0.717, 1.165) is 42.2 Å². The molecule has 0 spiro atoms. The van der Waals surface area contributed by atoms with Gasteiger partial charge in [-0.3, -0.25) is 0 Å². The van der Waals surface area contributed by atoms with Gasteiger partial charge >= 0.3 is 0 Å². The molecule has 0 aliphatic carbocycles. The largest absolute Gasteiger partial charge is 0.312 e. The summed E-state index contributed by atoms with van der Waals surface area (Å²) in [6.07, 6.45) is 1.99. The molecule has 1 aromatic carbocycles. The van der Waals surface area contributed by atoms with Crippen LogP contribution in [0.25, 0.3) is 5.69 Å². The summed E-state index contributed by atoms with van der Waals surface area (Å²) in [7, 11) is 0. The highest BCUT2D eigenvalue weighted by Crippen LogP contribution is 2.27. The summed E-state index contributed by atoms with van der Waals surface area (Å²) in [5.41, 5.74) is 6.09. The van der Waals surface area contributed by atoms with Crippen LogP contribution in [-0.4, -0.2) is 16.3 Å². The van der Waals surface area contributed by atoms with Crippen molar-refractivity contribution in [1.29, 1.82) is 0 Å². The number of hydrogen-bond acceptors (Lipinski definition) is 2. The molecule has 100 valence electrons. The van der Waals surface area contributed by atoms with Gasteiger partial charge in [-0.05, 0) is 31.0 Å². The average molecular weight is 276 g/mol. The van der Waals surface area contributed by atoms with Crippen LogP contribution >= 0.6 is 11.6 Å². The summed E-state index contributed by atoms with van der Waals surface area (Å²) in [6.45, 7) is 6.16. The molecule has 1 aliphatic heterocycles. The first-order chi connectivity index (χ1) is 9.22. The molecule has 0 saturated carbocycles. The van der Waals surface area contributed by atoms with Crippen LogP contribution < -0.4 is 5.32 Å². The Morgan fingerprint density at radius 1 is 1.42 bits per heavy atom. The van der Waals surface area contributed by atoms with E-state index in [0.29, 0.717) is 0 Å². The lowest BCUT2D eigenvalue weighted by molar-refractivity contribution is 0.621. The number of halogens is 1. The molecule has 0 unspecified atom stereocenters. The topological polar surface area (TPSA) is 29.9 Å². The fourth-order valence-corrected chi connectivity index (χ4v) is 2.90. The molecule has 2 aromatic rings. The summed E-state index contributed by atoms with van der Waals surface area (Å²) < 4.78 is 2.09. The smallest absolute Gasteiger partial charge is 0.0693 e. The Hall–Kier alpha value is -1.32. The maximum Gasteiger partial charge on any atom is 0.0693 e. The van der Waals surface area contributed by atoms with Crippen molar-refractivity contribution in [3.05, 3.63) is 45.7 Å². The molecule has 19 heavy (non-hydrogen) atoms. The van der Waals surface area contributed by atoms with Gasteiger partial charge in [0.15, 0.2) is 0 Å². The Kier molecular flexibility index (Phi) is 3.33. The molecule has 2 heterocycles. The first-order valence-electron chi connectivity index (χ1n) is 6.78. The zero-order valence-corrected chi connectivity index (χ0v) is 12.1. The number of aryl methyl sites for hydroxylation is 1. The van der Waals surface area contributed by atoms with Crippen molar-refractivity contribution in [2.45, 2.75) is 33.2 Å². The van der Waals surface area contributed by atoms with Crippen molar-refractivity contribution in [3.8, 4) is 5.69 Å². The predicted molar refractivity (Wildman–Crippen MR) is 78.1 cm³/mol. The summed E-state index contributed by atoms with van der Waals surface area (Å²) in [5, 5.41) is 9.03. The van der Waals surface area contributed by atoms with E-state index in [-0.39, 0.29) is 0 Å². The minimum atomic E-state index is 0.800. The lowest BCUT2D eigenvalue weighted by Gasteiger charge is -2.16. The number of rotatable bonds is 2. The van der Waals surface area contributed by atoms with Gasteiger partial charge in [-0.15, -0.1) is 0 Å². The van der Waals surface area contributed by atoms with Crippen molar-refractivity contribution < 1.29 is 0 Å². The van der Waals surface area contributed by atoms with E-state index >= 15 is 0 Å². The predicted octanol–water partition coefficient (Wildman–Crippen LogP) is 3.04. The van der Waals surface area contributed by atoms with E-state index in [1.165, 1.54) is 17.0 Å². The lowest BCUT2D eigenvalue weighted by Crippen LogP contribution is -2.25. The van der Waals surface area contributed by atoms with Gasteiger partial charge in [-0.2, -0.15) is 5.10 Å². The van der Waals surface area contributed by atoms with Crippen LogP contribution in [0.1, 0.15) is 29.4 Å². The second kappa shape index (κ2) is 4.99. The van der Waals surface area contributed by atoms with Crippen LogP contribution in [0, 0.1) is 6.92 Å². The highest BCUT2D eigenvalue weighted by Gasteiger charge is 2.21. The maximum atomic E-state index is 6.23. The van der Waals surface area contributed by atoms with Crippen molar-refractivity contribution in [1.82, 2.24) is 15.1 Å². The van der Waals surface area contributed by atoms with Crippen LogP contribution in [0.4, 0.5) is 0 Å². The van der Waals surface area contributed by atoms with Gasteiger partial charge < -0.3 is 5.32 Å². The molecule has 0 amide bonds. The zero-order valence-electron chi connectivity index (χ0n) is 11.3. The van der Waals surface area contributed by atoms with Crippen LogP contribution in [0.5, 0.6) is 0 Å². The third-order valence-electron chi connectivity index (χ3n) is 3.82. The minimum absolute atomic E-state index is 0.800. The number of hydrogen-bond donors (Lipinski definition) is 1. The second-order valence-electron chi connectivity index (χ2n) is 4.95. The third-order valence-corrected chi connectivity index (χ3v) is 4.23. The third kappa shape index (κ3) is 2.07. The van der Waals surface area contributed by atoms with Crippen molar-refractivity contribution in [3.63, 3.8) is 0 Å². The normalized spacial score (nSPS) is 14.5.